The van der Waals surface area contributed by atoms with Gasteiger partial charge in [0.25, 0.3) is 0 Å². The highest BCUT2D eigenvalue weighted by Gasteiger charge is 2.05. The maximum absolute atomic E-state index is 11.7. The van der Waals surface area contributed by atoms with Crippen LogP contribution in [0.1, 0.15) is 22.3 Å². The Morgan fingerprint density at radius 1 is 1.56 bits per heavy atom. The zero-order chi connectivity index (χ0) is 11.4. The van der Waals surface area contributed by atoms with Crippen LogP contribution in [-0.4, -0.2) is 15.6 Å². The predicted octanol–water partition coefficient (Wildman–Crippen LogP) is 2.86. The van der Waals surface area contributed by atoms with Crippen LogP contribution in [0.3, 0.4) is 0 Å². The van der Waals surface area contributed by atoms with Crippen LogP contribution in [0.15, 0.2) is 35.9 Å². The fourth-order valence-electron chi connectivity index (χ4n) is 1.30. The third kappa shape index (κ3) is 2.46. The highest BCUT2D eigenvalue weighted by atomic mass is 32.1. The van der Waals surface area contributed by atoms with Crippen molar-refractivity contribution in [2.75, 3.05) is 0 Å². The molecular weight excluding hydrogens is 220 g/mol. The molecule has 0 amide bonds. The van der Waals surface area contributed by atoms with Gasteiger partial charge in [0.15, 0.2) is 0 Å². The van der Waals surface area contributed by atoms with E-state index in [0.717, 1.165) is 11.4 Å². The number of ketones is 1. The molecule has 0 N–H and O–H groups in total. The van der Waals surface area contributed by atoms with Crippen LogP contribution in [-0.2, 0) is 6.54 Å². The number of carbonyl (C=O) groups excluding carboxylic acids is 1. The second-order valence-corrected chi connectivity index (χ2v) is 4.25. The molecule has 0 aromatic carbocycles. The molecule has 0 saturated heterocycles. The molecule has 0 spiro atoms. The molecule has 0 aliphatic rings. The smallest absolute Gasteiger partial charge is 0.206 e. The Morgan fingerprint density at radius 3 is 3.06 bits per heavy atom. The maximum atomic E-state index is 11.7. The van der Waals surface area contributed by atoms with Gasteiger partial charge in [-0.1, -0.05) is 6.07 Å². The maximum Gasteiger partial charge on any atom is 0.206 e. The van der Waals surface area contributed by atoms with E-state index in [1.165, 1.54) is 0 Å². The van der Waals surface area contributed by atoms with Crippen LogP contribution in [0.2, 0.25) is 0 Å². The molecule has 2 aromatic heterocycles. The average Bonchev–Trinajstić information content (AvgIpc) is 2.96. The molecule has 2 aromatic rings. The van der Waals surface area contributed by atoms with Crippen molar-refractivity contribution in [1.29, 1.82) is 0 Å². The van der Waals surface area contributed by atoms with E-state index in [1.807, 2.05) is 36.7 Å². The van der Waals surface area contributed by atoms with Crippen molar-refractivity contribution in [1.82, 2.24) is 9.78 Å². The Balaban J connectivity index is 2.08. The number of carbonyl (C=O) groups is 1. The lowest BCUT2D eigenvalue weighted by atomic mass is 10.2. The molecule has 16 heavy (non-hydrogen) atoms. The lowest BCUT2D eigenvalue weighted by Crippen LogP contribution is -1.99. The number of aromatic nitrogens is 2. The molecule has 2 rings (SSSR count). The van der Waals surface area contributed by atoms with Crippen molar-refractivity contribution in [3.05, 3.63) is 46.4 Å². The van der Waals surface area contributed by atoms with E-state index in [-0.39, 0.29) is 5.78 Å². The van der Waals surface area contributed by atoms with Crippen LogP contribution in [0.5, 0.6) is 0 Å². The SMILES string of the molecule is CCn1ccc(C(=O)/C=C/c2cccs2)n1. The van der Waals surface area contributed by atoms with Gasteiger partial charge in [0.2, 0.25) is 5.78 Å². The zero-order valence-electron chi connectivity index (χ0n) is 8.96. The van der Waals surface area contributed by atoms with E-state index >= 15 is 0 Å². The van der Waals surface area contributed by atoms with Crippen LogP contribution < -0.4 is 0 Å². The molecule has 0 atom stereocenters. The average molecular weight is 232 g/mol. The molecule has 0 bridgehead atoms. The van der Waals surface area contributed by atoms with Crippen LogP contribution in [0.4, 0.5) is 0 Å². The second-order valence-electron chi connectivity index (χ2n) is 3.27. The lowest BCUT2D eigenvalue weighted by Gasteiger charge is -1.91. The first-order chi connectivity index (χ1) is 7.79. The van der Waals surface area contributed by atoms with E-state index in [0.29, 0.717) is 5.69 Å². The molecule has 0 aliphatic heterocycles. The number of hydrogen-bond donors (Lipinski definition) is 0. The Labute approximate surface area is 98.0 Å². The standard InChI is InChI=1S/C12H12N2OS/c1-2-14-8-7-11(13-14)12(15)6-5-10-4-3-9-16-10/h3-9H,2H2,1H3/b6-5+. The quantitative estimate of drug-likeness (QED) is 0.600. The van der Waals surface area contributed by atoms with Gasteiger partial charge >= 0.3 is 0 Å². The van der Waals surface area contributed by atoms with Gasteiger partial charge in [0, 0.05) is 17.6 Å². The van der Waals surface area contributed by atoms with Gasteiger partial charge < -0.3 is 0 Å². The van der Waals surface area contributed by atoms with Gasteiger partial charge in [0.05, 0.1) is 0 Å². The molecule has 3 nitrogen and oxygen atoms in total. The van der Waals surface area contributed by atoms with E-state index in [1.54, 1.807) is 28.2 Å². The third-order valence-electron chi connectivity index (χ3n) is 2.16. The number of rotatable bonds is 4. The van der Waals surface area contributed by atoms with Crippen molar-refractivity contribution in [3.63, 3.8) is 0 Å². The van der Waals surface area contributed by atoms with Gasteiger partial charge in [-0.15, -0.1) is 11.3 Å². The van der Waals surface area contributed by atoms with E-state index in [9.17, 15) is 4.79 Å². The molecule has 0 fully saturated rings. The first-order valence-electron chi connectivity index (χ1n) is 5.09. The first kappa shape index (κ1) is 10.8. The number of aryl methyl sites for hydroxylation is 1. The first-order valence-corrected chi connectivity index (χ1v) is 5.97. The normalized spacial score (nSPS) is 11.1. The lowest BCUT2D eigenvalue weighted by molar-refractivity contribution is 0.104. The number of allylic oxidation sites excluding steroid dienone is 1. The monoisotopic (exact) mass is 232 g/mol. The summed E-state index contributed by atoms with van der Waals surface area (Å²) >= 11 is 1.61. The molecule has 0 radical (unpaired) electrons. The third-order valence-corrected chi connectivity index (χ3v) is 3.00. The van der Waals surface area contributed by atoms with Crippen molar-refractivity contribution >= 4 is 23.2 Å². The Morgan fingerprint density at radius 2 is 2.44 bits per heavy atom. The van der Waals surface area contributed by atoms with Gasteiger partial charge in [-0.05, 0) is 36.6 Å². The van der Waals surface area contributed by atoms with Crippen LogP contribution >= 0.6 is 11.3 Å². The van der Waals surface area contributed by atoms with Crippen molar-refractivity contribution in [2.24, 2.45) is 0 Å². The minimum atomic E-state index is -0.0550. The number of nitrogens with zero attached hydrogens (tertiary/aromatic N) is 2. The molecule has 0 saturated carbocycles. The summed E-state index contributed by atoms with van der Waals surface area (Å²) in [4.78, 5) is 12.8. The summed E-state index contributed by atoms with van der Waals surface area (Å²) < 4.78 is 1.74. The van der Waals surface area contributed by atoms with Crippen molar-refractivity contribution < 1.29 is 4.79 Å². The van der Waals surface area contributed by atoms with Gasteiger partial charge in [-0.25, -0.2) is 0 Å². The summed E-state index contributed by atoms with van der Waals surface area (Å²) in [5.41, 5.74) is 0.495. The highest BCUT2D eigenvalue weighted by Crippen LogP contribution is 2.11. The fourth-order valence-corrected chi connectivity index (χ4v) is 1.92. The predicted molar refractivity (Wildman–Crippen MR) is 65.6 cm³/mol. The van der Waals surface area contributed by atoms with E-state index in [4.69, 9.17) is 0 Å². The summed E-state index contributed by atoms with van der Waals surface area (Å²) in [6.07, 6.45) is 5.19. The Hall–Kier alpha value is -1.68. The molecule has 0 aliphatic carbocycles. The van der Waals surface area contributed by atoms with Gasteiger partial charge in [0.1, 0.15) is 5.69 Å². The summed E-state index contributed by atoms with van der Waals surface area (Å²) in [6.45, 7) is 2.77. The van der Waals surface area contributed by atoms with Crippen LogP contribution in [0.25, 0.3) is 6.08 Å². The van der Waals surface area contributed by atoms with Crippen molar-refractivity contribution in [3.8, 4) is 0 Å². The minimum absolute atomic E-state index is 0.0550. The van der Waals surface area contributed by atoms with E-state index < -0.39 is 0 Å². The zero-order valence-corrected chi connectivity index (χ0v) is 9.78. The Bertz CT molecular complexity index is 497. The largest absolute Gasteiger partial charge is 0.287 e. The molecule has 4 heteroatoms. The van der Waals surface area contributed by atoms with Crippen molar-refractivity contribution in [2.45, 2.75) is 13.5 Å². The summed E-state index contributed by atoms with van der Waals surface area (Å²) in [5.74, 6) is -0.0550. The van der Waals surface area contributed by atoms with Gasteiger partial charge in [-0.2, -0.15) is 5.10 Å². The highest BCUT2D eigenvalue weighted by molar-refractivity contribution is 7.10. The summed E-state index contributed by atoms with van der Waals surface area (Å²) in [6, 6.07) is 5.67. The summed E-state index contributed by atoms with van der Waals surface area (Å²) in [7, 11) is 0. The molecule has 82 valence electrons. The van der Waals surface area contributed by atoms with Crippen LogP contribution in [0, 0.1) is 0 Å². The fraction of sp³-hybridized carbons (Fsp3) is 0.167. The number of hydrogen-bond acceptors (Lipinski definition) is 3. The summed E-state index contributed by atoms with van der Waals surface area (Å²) in [5, 5.41) is 6.13. The van der Waals surface area contributed by atoms with Gasteiger partial charge in [-0.3, -0.25) is 9.48 Å². The number of thiophene rings is 1. The van der Waals surface area contributed by atoms with E-state index in [2.05, 4.69) is 5.10 Å². The molecular formula is C12H12N2OS. The molecule has 2 heterocycles. The second kappa shape index (κ2) is 4.90. The Kier molecular flexibility index (Phi) is 3.31. The minimum Gasteiger partial charge on any atom is -0.287 e. The molecule has 0 unspecified atom stereocenters. The topological polar surface area (TPSA) is 34.9 Å².